The molecule has 0 bridgehead atoms. The molecule has 2 heterocycles. The quantitative estimate of drug-likeness (QED) is 0.459. The van der Waals surface area contributed by atoms with Crippen LogP contribution in [-0.4, -0.2) is 20.8 Å². The number of H-pyrrole nitrogens is 1. The molecular weight excluding hydrogens is 406 g/mol. The van der Waals surface area contributed by atoms with Crippen LogP contribution in [0.5, 0.6) is 0 Å². The molecule has 0 aliphatic carbocycles. The van der Waals surface area contributed by atoms with E-state index in [1.807, 2.05) is 6.07 Å². The van der Waals surface area contributed by atoms with Crippen LogP contribution in [0.3, 0.4) is 0 Å². The molecule has 0 spiro atoms. The van der Waals surface area contributed by atoms with E-state index < -0.39 is 10.5 Å². The Morgan fingerprint density at radius 2 is 2.17 bits per heavy atom. The Hall–Kier alpha value is -3.84. The number of pyridine rings is 1. The molecule has 0 atom stereocenters. The first-order valence-electron chi connectivity index (χ1n) is 8.92. The summed E-state index contributed by atoms with van der Waals surface area (Å²) in [6.07, 6.45) is 0.502. The van der Waals surface area contributed by atoms with Gasteiger partial charge in [0.05, 0.1) is 10.6 Å². The lowest BCUT2D eigenvalue weighted by Gasteiger charge is -2.10. The van der Waals surface area contributed by atoms with Crippen molar-refractivity contribution < 1.29 is 9.72 Å². The van der Waals surface area contributed by atoms with Gasteiger partial charge in [0.1, 0.15) is 11.6 Å². The number of hydrogen-bond donors (Lipinski definition) is 2. The number of carbonyl (C=O) groups excluding carboxylic acids is 1. The maximum absolute atomic E-state index is 12.3. The van der Waals surface area contributed by atoms with Gasteiger partial charge < -0.3 is 10.3 Å². The molecule has 30 heavy (non-hydrogen) atoms. The summed E-state index contributed by atoms with van der Waals surface area (Å²) in [6, 6.07) is 8.01. The molecule has 1 aromatic carbocycles. The molecule has 3 aromatic rings. The first-order chi connectivity index (χ1) is 14.3. The zero-order valence-electron chi connectivity index (χ0n) is 16.2. The molecule has 9 nitrogen and oxygen atoms in total. The van der Waals surface area contributed by atoms with Gasteiger partial charge >= 0.3 is 0 Å². The first-order valence-corrected chi connectivity index (χ1v) is 9.80. The molecule has 3 rings (SSSR count). The number of hydrogen-bond acceptors (Lipinski definition) is 7. The summed E-state index contributed by atoms with van der Waals surface area (Å²) in [4.78, 5) is 41.6. The Kier molecular flexibility index (Phi) is 6.03. The third-order valence-electron chi connectivity index (χ3n) is 4.63. The van der Waals surface area contributed by atoms with Gasteiger partial charge in [0.25, 0.3) is 11.2 Å². The van der Waals surface area contributed by atoms with Gasteiger partial charge in [0, 0.05) is 35.2 Å². The monoisotopic (exact) mass is 423 g/mol. The van der Waals surface area contributed by atoms with Crippen LogP contribution < -0.4 is 10.9 Å². The number of nitrogens with one attached hydrogen (secondary N) is 2. The number of anilines is 1. The van der Waals surface area contributed by atoms with Crippen LogP contribution in [-0.2, 0) is 11.2 Å². The zero-order valence-corrected chi connectivity index (χ0v) is 17.0. The first kappa shape index (κ1) is 20.9. The average molecular weight is 423 g/mol. The van der Waals surface area contributed by atoms with E-state index in [-0.39, 0.29) is 23.6 Å². The van der Waals surface area contributed by atoms with E-state index in [0.717, 1.165) is 5.56 Å². The second-order valence-electron chi connectivity index (χ2n) is 6.56. The lowest BCUT2D eigenvalue weighted by molar-refractivity contribution is -0.384. The highest BCUT2D eigenvalue weighted by atomic mass is 32.1. The van der Waals surface area contributed by atoms with Crippen molar-refractivity contribution in [1.29, 1.82) is 5.26 Å². The van der Waals surface area contributed by atoms with Crippen molar-refractivity contribution in [3.8, 4) is 17.3 Å². The number of aromatic amines is 1. The molecule has 0 saturated carbocycles. The normalized spacial score (nSPS) is 10.4. The van der Waals surface area contributed by atoms with E-state index in [2.05, 4.69) is 15.3 Å². The molecule has 2 aromatic heterocycles. The maximum Gasteiger partial charge on any atom is 0.270 e. The summed E-state index contributed by atoms with van der Waals surface area (Å²) in [7, 11) is 0. The highest BCUT2D eigenvalue weighted by molar-refractivity contribution is 7.14. The van der Waals surface area contributed by atoms with Gasteiger partial charge in [-0.15, -0.1) is 11.3 Å². The van der Waals surface area contributed by atoms with Crippen LogP contribution in [0.15, 0.2) is 34.4 Å². The predicted molar refractivity (Wildman–Crippen MR) is 112 cm³/mol. The van der Waals surface area contributed by atoms with E-state index in [1.54, 1.807) is 31.4 Å². The third-order valence-corrected chi connectivity index (χ3v) is 5.38. The Morgan fingerprint density at radius 1 is 1.40 bits per heavy atom. The van der Waals surface area contributed by atoms with Crippen molar-refractivity contribution in [1.82, 2.24) is 9.97 Å². The minimum Gasteiger partial charge on any atom is -0.325 e. The fraction of sp³-hybridized carbons (Fsp3) is 0.200. The number of aryl methyl sites for hydroxylation is 1. The minimum absolute atomic E-state index is 0.0329. The Balaban J connectivity index is 1.69. The molecular formula is C20H17N5O4S. The van der Waals surface area contributed by atoms with E-state index in [9.17, 15) is 19.7 Å². The summed E-state index contributed by atoms with van der Waals surface area (Å²) < 4.78 is 0. The number of nitro benzene ring substituents is 1. The van der Waals surface area contributed by atoms with Crippen molar-refractivity contribution in [2.75, 3.05) is 5.32 Å². The maximum atomic E-state index is 12.3. The molecule has 0 unspecified atom stereocenters. The van der Waals surface area contributed by atoms with Gasteiger partial charge in [-0.25, -0.2) is 4.98 Å². The number of nitriles is 1. The topological polar surface area (TPSA) is 142 Å². The van der Waals surface area contributed by atoms with Crippen LogP contribution in [0.2, 0.25) is 0 Å². The van der Waals surface area contributed by atoms with Gasteiger partial charge in [-0.3, -0.25) is 19.7 Å². The smallest absolute Gasteiger partial charge is 0.270 e. The van der Waals surface area contributed by atoms with Crippen molar-refractivity contribution in [3.05, 3.63) is 72.5 Å². The van der Waals surface area contributed by atoms with Crippen LogP contribution in [0.1, 0.15) is 28.8 Å². The van der Waals surface area contributed by atoms with Gasteiger partial charge in [-0.1, -0.05) is 12.1 Å². The second kappa shape index (κ2) is 8.67. The van der Waals surface area contributed by atoms with Crippen LogP contribution >= 0.6 is 11.3 Å². The number of amides is 1. The van der Waals surface area contributed by atoms with E-state index in [4.69, 9.17) is 5.26 Å². The number of thiazole rings is 1. The molecule has 0 aliphatic rings. The lowest BCUT2D eigenvalue weighted by Crippen LogP contribution is -2.18. The molecule has 0 aliphatic heterocycles. The Morgan fingerprint density at radius 3 is 2.87 bits per heavy atom. The second-order valence-corrected chi connectivity index (χ2v) is 7.42. The molecule has 1 amide bonds. The molecule has 0 radical (unpaired) electrons. The molecule has 10 heteroatoms. The SMILES string of the molecule is Cc1[nH]c(=O)c(C#N)c(C)c1CCC(=O)Nc1nc(-c2cccc([N+](=O)[O-])c2)cs1. The fourth-order valence-corrected chi connectivity index (χ4v) is 3.82. The van der Waals surface area contributed by atoms with Gasteiger partial charge in [-0.05, 0) is 31.4 Å². The minimum atomic E-state index is -0.475. The highest BCUT2D eigenvalue weighted by Gasteiger charge is 2.15. The summed E-state index contributed by atoms with van der Waals surface area (Å²) in [5.41, 5.74) is 2.68. The van der Waals surface area contributed by atoms with Crippen LogP contribution in [0.4, 0.5) is 10.8 Å². The van der Waals surface area contributed by atoms with Crippen molar-refractivity contribution in [3.63, 3.8) is 0 Å². The van der Waals surface area contributed by atoms with Crippen molar-refractivity contribution in [2.45, 2.75) is 26.7 Å². The van der Waals surface area contributed by atoms with E-state index in [0.29, 0.717) is 34.1 Å². The predicted octanol–water partition coefficient (Wildman–Crippen LogP) is 3.47. The fourth-order valence-electron chi connectivity index (χ4n) is 3.08. The standard InChI is InChI=1S/C20H17N5O4S/c1-11-15(12(2)22-19(27)16(11)9-21)6-7-18(26)24-20-23-17(10-30-20)13-4-3-5-14(8-13)25(28)29/h3-5,8,10H,6-7H2,1-2H3,(H,22,27)(H,23,24,26). The summed E-state index contributed by atoms with van der Waals surface area (Å²) in [5.74, 6) is -0.265. The largest absolute Gasteiger partial charge is 0.325 e. The Bertz CT molecular complexity index is 1240. The highest BCUT2D eigenvalue weighted by Crippen LogP contribution is 2.27. The lowest BCUT2D eigenvalue weighted by atomic mass is 9.99. The van der Waals surface area contributed by atoms with Gasteiger partial charge in [0.2, 0.25) is 5.91 Å². The number of nitrogens with zero attached hydrogens (tertiary/aromatic N) is 3. The Labute approximate surface area is 175 Å². The molecule has 0 fully saturated rings. The molecule has 152 valence electrons. The van der Waals surface area contributed by atoms with Crippen LogP contribution in [0.25, 0.3) is 11.3 Å². The van der Waals surface area contributed by atoms with E-state index >= 15 is 0 Å². The summed E-state index contributed by atoms with van der Waals surface area (Å²) in [6.45, 7) is 3.43. The number of nitro groups is 1. The van der Waals surface area contributed by atoms with Crippen molar-refractivity contribution >= 4 is 28.1 Å². The summed E-state index contributed by atoms with van der Waals surface area (Å²) >= 11 is 1.22. The van der Waals surface area contributed by atoms with E-state index in [1.165, 1.54) is 23.5 Å². The zero-order chi connectivity index (χ0) is 21.8. The number of carbonyl (C=O) groups is 1. The average Bonchev–Trinajstić information content (AvgIpc) is 3.16. The molecule has 2 N–H and O–H groups in total. The number of non-ortho nitro benzene ring substituents is 1. The van der Waals surface area contributed by atoms with Crippen LogP contribution in [0, 0.1) is 35.3 Å². The number of aromatic nitrogens is 2. The van der Waals surface area contributed by atoms with Crippen molar-refractivity contribution in [2.24, 2.45) is 0 Å². The van der Waals surface area contributed by atoms with Gasteiger partial charge in [-0.2, -0.15) is 5.26 Å². The molecule has 0 saturated heterocycles. The number of rotatable bonds is 6. The number of benzene rings is 1. The summed E-state index contributed by atoms with van der Waals surface area (Å²) in [5, 5.41) is 24.9. The van der Waals surface area contributed by atoms with Gasteiger partial charge in [0.15, 0.2) is 5.13 Å². The third kappa shape index (κ3) is 4.42.